The number of hydrogen-bond acceptors (Lipinski definition) is 3. The fraction of sp³-hybridized carbons (Fsp3) is 0.294. The van der Waals surface area contributed by atoms with Gasteiger partial charge in [0.25, 0.3) is 0 Å². The highest BCUT2D eigenvalue weighted by Gasteiger charge is 2.46. The molecule has 1 atom stereocenters. The molecule has 2 aromatic rings. The molecule has 0 amide bonds. The van der Waals surface area contributed by atoms with E-state index in [0.717, 1.165) is 17.5 Å². The second-order valence-electron chi connectivity index (χ2n) is 5.89. The van der Waals surface area contributed by atoms with Gasteiger partial charge in [-0.3, -0.25) is 4.98 Å². The lowest BCUT2D eigenvalue weighted by atomic mass is 9.77. The van der Waals surface area contributed by atoms with E-state index in [1.807, 2.05) is 43.0 Å². The number of aromatic nitrogens is 1. The minimum absolute atomic E-state index is 0.0487. The maximum absolute atomic E-state index is 14.4. The van der Waals surface area contributed by atoms with E-state index in [-0.39, 0.29) is 17.3 Å². The van der Waals surface area contributed by atoms with Crippen LogP contribution in [-0.4, -0.2) is 23.4 Å². The highest BCUT2D eigenvalue weighted by molar-refractivity contribution is 5.69. The van der Waals surface area contributed by atoms with Crippen molar-refractivity contribution < 1.29 is 9.18 Å². The Morgan fingerprint density at radius 1 is 1.33 bits per heavy atom. The Bertz CT molecular complexity index is 670. The molecule has 1 fully saturated rings. The van der Waals surface area contributed by atoms with Crippen LogP contribution in [0, 0.1) is 11.7 Å². The van der Waals surface area contributed by atoms with Gasteiger partial charge in [-0.2, -0.15) is 0 Å². The molecule has 1 saturated heterocycles. The van der Waals surface area contributed by atoms with Gasteiger partial charge in [-0.1, -0.05) is 12.1 Å². The molecule has 0 radical (unpaired) electrons. The predicted molar refractivity (Wildman–Crippen MR) is 80.6 cm³/mol. The number of halogens is 1. The highest BCUT2D eigenvalue weighted by atomic mass is 19.1. The number of hydrogen-bond donors (Lipinski definition) is 0. The van der Waals surface area contributed by atoms with Gasteiger partial charge >= 0.3 is 0 Å². The first-order chi connectivity index (χ1) is 10.0. The number of carbonyl (C=O) groups is 1. The van der Waals surface area contributed by atoms with E-state index < -0.39 is 0 Å². The molecule has 0 N–H and O–H groups in total. The Labute approximate surface area is 123 Å². The minimum Gasteiger partial charge on any atom is -0.362 e. The van der Waals surface area contributed by atoms with Crippen LogP contribution in [0.3, 0.4) is 0 Å². The second kappa shape index (κ2) is 4.95. The molecule has 1 aromatic carbocycles. The zero-order chi connectivity index (χ0) is 15.0. The number of anilines is 1. The lowest BCUT2D eigenvalue weighted by Crippen LogP contribution is -2.65. The van der Waals surface area contributed by atoms with Crippen LogP contribution in [0.5, 0.6) is 0 Å². The summed E-state index contributed by atoms with van der Waals surface area (Å²) in [5.74, 6) is -0.331. The van der Waals surface area contributed by atoms with Gasteiger partial charge in [0.15, 0.2) is 0 Å². The van der Waals surface area contributed by atoms with Gasteiger partial charge in [-0.15, -0.1) is 0 Å². The van der Waals surface area contributed by atoms with Crippen LogP contribution in [0.2, 0.25) is 0 Å². The highest BCUT2D eigenvalue weighted by Crippen LogP contribution is 2.40. The van der Waals surface area contributed by atoms with Crippen molar-refractivity contribution in [1.82, 2.24) is 4.98 Å². The van der Waals surface area contributed by atoms with Crippen molar-refractivity contribution in [3.05, 3.63) is 48.4 Å². The first-order valence-electron chi connectivity index (χ1n) is 6.98. The first kappa shape index (κ1) is 13.7. The fourth-order valence-electron chi connectivity index (χ4n) is 2.78. The lowest BCUT2D eigenvalue weighted by Gasteiger charge is -2.54. The molecule has 0 aliphatic carbocycles. The largest absolute Gasteiger partial charge is 0.362 e. The van der Waals surface area contributed by atoms with Gasteiger partial charge in [0.2, 0.25) is 0 Å². The molecule has 4 heteroatoms. The Kier molecular flexibility index (Phi) is 3.24. The molecular formula is C17H17FN2O. The third kappa shape index (κ3) is 2.20. The molecule has 3 nitrogen and oxygen atoms in total. The maximum Gasteiger partial charge on any atom is 0.147 e. The number of rotatable bonds is 3. The molecular weight excluding hydrogens is 267 g/mol. The third-order valence-corrected chi connectivity index (χ3v) is 4.35. The second-order valence-corrected chi connectivity index (χ2v) is 5.89. The van der Waals surface area contributed by atoms with Crippen molar-refractivity contribution >= 4 is 12.0 Å². The predicted octanol–water partition coefficient (Wildman–Crippen LogP) is 3.30. The van der Waals surface area contributed by atoms with Gasteiger partial charge in [0, 0.05) is 23.8 Å². The summed E-state index contributed by atoms with van der Waals surface area (Å²) >= 11 is 0. The molecule has 1 aliphatic rings. The van der Waals surface area contributed by atoms with Crippen LogP contribution in [-0.2, 0) is 4.79 Å². The molecule has 108 valence electrons. The Morgan fingerprint density at radius 3 is 2.71 bits per heavy atom. The fourth-order valence-corrected chi connectivity index (χ4v) is 2.78. The number of nitrogens with zero attached hydrogens (tertiary/aromatic N) is 2. The Hall–Kier alpha value is -2.23. The monoisotopic (exact) mass is 284 g/mol. The summed E-state index contributed by atoms with van der Waals surface area (Å²) < 4.78 is 14.4. The molecule has 0 bridgehead atoms. The maximum atomic E-state index is 14.4. The van der Waals surface area contributed by atoms with E-state index in [1.54, 1.807) is 12.3 Å². The lowest BCUT2D eigenvalue weighted by molar-refractivity contribution is -0.114. The molecule has 3 rings (SSSR count). The summed E-state index contributed by atoms with van der Waals surface area (Å²) in [7, 11) is 0. The normalized spacial score (nSPS) is 20.0. The van der Waals surface area contributed by atoms with Crippen molar-refractivity contribution in [2.45, 2.75) is 19.4 Å². The third-order valence-electron chi connectivity index (χ3n) is 4.35. The van der Waals surface area contributed by atoms with Crippen molar-refractivity contribution in [2.24, 2.45) is 5.92 Å². The summed E-state index contributed by atoms with van der Waals surface area (Å²) in [5.41, 5.74) is 1.70. The van der Waals surface area contributed by atoms with Crippen LogP contribution < -0.4 is 4.90 Å². The van der Waals surface area contributed by atoms with Crippen molar-refractivity contribution in [1.29, 1.82) is 0 Å². The van der Waals surface area contributed by atoms with E-state index in [4.69, 9.17) is 0 Å². The van der Waals surface area contributed by atoms with Gasteiger partial charge in [0.1, 0.15) is 12.1 Å². The summed E-state index contributed by atoms with van der Waals surface area (Å²) in [6.07, 6.45) is 2.64. The van der Waals surface area contributed by atoms with E-state index in [9.17, 15) is 9.18 Å². The average molecular weight is 284 g/mol. The van der Waals surface area contributed by atoms with E-state index in [1.165, 1.54) is 6.07 Å². The zero-order valence-electron chi connectivity index (χ0n) is 12.1. The van der Waals surface area contributed by atoms with Crippen LogP contribution in [0.25, 0.3) is 11.3 Å². The van der Waals surface area contributed by atoms with Crippen molar-refractivity contribution in [2.75, 3.05) is 11.4 Å². The standard InChI is InChI=1S/C17H17FN2O/c1-17(2)13(11-21)10-20(17)16-7-6-12(9-14(16)18)15-5-3-4-8-19-15/h3-9,11,13H,10H2,1-2H3. The Morgan fingerprint density at radius 2 is 2.14 bits per heavy atom. The SMILES string of the molecule is CC1(C)C(C=O)CN1c1ccc(-c2ccccn2)cc1F. The first-order valence-corrected chi connectivity index (χ1v) is 6.98. The molecule has 2 heterocycles. The average Bonchev–Trinajstić information content (AvgIpc) is 2.49. The minimum atomic E-state index is -0.338. The topological polar surface area (TPSA) is 33.2 Å². The number of pyridine rings is 1. The van der Waals surface area contributed by atoms with E-state index in [0.29, 0.717) is 12.2 Å². The summed E-state index contributed by atoms with van der Waals surface area (Å²) in [6.45, 7) is 4.49. The number of benzene rings is 1. The van der Waals surface area contributed by atoms with Gasteiger partial charge in [-0.05, 0) is 38.1 Å². The molecule has 1 unspecified atom stereocenters. The van der Waals surface area contributed by atoms with Crippen LogP contribution in [0.4, 0.5) is 10.1 Å². The summed E-state index contributed by atoms with van der Waals surface area (Å²) in [4.78, 5) is 17.1. The quantitative estimate of drug-likeness (QED) is 0.811. The summed E-state index contributed by atoms with van der Waals surface area (Å²) in [5, 5.41) is 0. The molecule has 21 heavy (non-hydrogen) atoms. The Balaban J connectivity index is 1.92. The summed E-state index contributed by atoms with van der Waals surface area (Å²) in [6, 6.07) is 10.7. The zero-order valence-corrected chi connectivity index (χ0v) is 12.1. The van der Waals surface area contributed by atoms with Crippen molar-refractivity contribution in [3.8, 4) is 11.3 Å². The van der Waals surface area contributed by atoms with Gasteiger partial charge < -0.3 is 9.69 Å². The number of aldehydes is 1. The van der Waals surface area contributed by atoms with Crippen LogP contribution in [0.15, 0.2) is 42.6 Å². The smallest absolute Gasteiger partial charge is 0.147 e. The molecule has 1 aliphatic heterocycles. The van der Waals surface area contributed by atoms with Crippen LogP contribution >= 0.6 is 0 Å². The molecule has 1 aromatic heterocycles. The van der Waals surface area contributed by atoms with Gasteiger partial charge in [-0.25, -0.2) is 4.39 Å². The van der Waals surface area contributed by atoms with E-state index >= 15 is 0 Å². The molecule has 0 saturated carbocycles. The van der Waals surface area contributed by atoms with E-state index in [2.05, 4.69) is 4.98 Å². The molecule has 0 spiro atoms. The van der Waals surface area contributed by atoms with Gasteiger partial charge in [0.05, 0.1) is 17.3 Å². The number of carbonyl (C=O) groups excluding carboxylic acids is 1. The van der Waals surface area contributed by atoms with Crippen molar-refractivity contribution in [3.63, 3.8) is 0 Å². The van der Waals surface area contributed by atoms with Crippen LogP contribution in [0.1, 0.15) is 13.8 Å².